The average Bonchev–Trinajstić information content (AvgIpc) is 2.11. The van der Waals surface area contributed by atoms with Crippen LogP contribution in [0.4, 0.5) is 4.39 Å². The van der Waals surface area contributed by atoms with Crippen LogP contribution in [0.25, 0.3) is 0 Å². The first-order valence-corrected chi connectivity index (χ1v) is 6.78. The highest BCUT2D eigenvalue weighted by Gasteiger charge is 2.25. The standard InChI is InChI=1S/C11H16FNO3S/c1-11(2,8-17(13,14)15)7-16-10-5-3-4-9(12)6-10/h3-6H,7-8H2,1-2H3,(H2,13,14,15). The first-order chi connectivity index (χ1) is 7.68. The van der Waals surface area contributed by atoms with Gasteiger partial charge in [0.05, 0.1) is 12.4 Å². The lowest BCUT2D eigenvalue weighted by Crippen LogP contribution is -2.33. The van der Waals surface area contributed by atoms with Crippen LogP contribution in [0.1, 0.15) is 13.8 Å². The molecule has 96 valence electrons. The number of benzene rings is 1. The molecule has 0 aromatic heterocycles. The zero-order valence-corrected chi connectivity index (χ0v) is 10.6. The molecule has 0 aliphatic heterocycles. The number of hydrogen-bond acceptors (Lipinski definition) is 3. The molecule has 0 aliphatic rings. The number of sulfonamides is 1. The Labute approximate surface area is 101 Å². The van der Waals surface area contributed by atoms with Crippen molar-refractivity contribution in [1.29, 1.82) is 0 Å². The molecule has 0 spiro atoms. The van der Waals surface area contributed by atoms with Crippen molar-refractivity contribution in [2.45, 2.75) is 13.8 Å². The minimum absolute atomic E-state index is 0.146. The normalized spacial score (nSPS) is 12.5. The number of ether oxygens (including phenoxy) is 1. The molecule has 0 heterocycles. The lowest BCUT2D eigenvalue weighted by molar-refractivity contribution is 0.199. The molecule has 4 nitrogen and oxygen atoms in total. The zero-order valence-electron chi connectivity index (χ0n) is 9.81. The SMILES string of the molecule is CC(C)(COc1cccc(F)c1)CS(N)(=O)=O. The Hall–Kier alpha value is -1.14. The van der Waals surface area contributed by atoms with Gasteiger partial charge in [-0.2, -0.15) is 0 Å². The molecule has 0 aliphatic carbocycles. The summed E-state index contributed by atoms with van der Waals surface area (Å²) in [5.41, 5.74) is -0.625. The van der Waals surface area contributed by atoms with Gasteiger partial charge >= 0.3 is 0 Å². The predicted molar refractivity (Wildman–Crippen MR) is 63.7 cm³/mol. The summed E-state index contributed by atoms with van der Waals surface area (Å²) < 4.78 is 40.1. The van der Waals surface area contributed by atoms with Crippen LogP contribution in [0.2, 0.25) is 0 Å². The van der Waals surface area contributed by atoms with E-state index < -0.39 is 21.3 Å². The molecule has 1 rings (SSSR count). The van der Waals surface area contributed by atoms with E-state index in [4.69, 9.17) is 9.88 Å². The summed E-state index contributed by atoms with van der Waals surface area (Å²) in [6.07, 6.45) is 0. The van der Waals surface area contributed by atoms with Crippen LogP contribution in [0, 0.1) is 11.2 Å². The third-order valence-electron chi connectivity index (χ3n) is 2.02. The highest BCUT2D eigenvalue weighted by Crippen LogP contribution is 2.20. The van der Waals surface area contributed by atoms with Crippen molar-refractivity contribution >= 4 is 10.0 Å². The van der Waals surface area contributed by atoms with Gasteiger partial charge in [-0.1, -0.05) is 19.9 Å². The van der Waals surface area contributed by atoms with Crippen molar-refractivity contribution < 1.29 is 17.5 Å². The van der Waals surface area contributed by atoms with Gasteiger partial charge in [0.25, 0.3) is 0 Å². The Morgan fingerprint density at radius 2 is 2.06 bits per heavy atom. The van der Waals surface area contributed by atoms with Gasteiger partial charge in [-0.25, -0.2) is 17.9 Å². The lowest BCUT2D eigenvalue weighted by atomic mass is 9.98. The molecule has 0 saturated carbocycles. The molecule has 0 radical (unpaired) electrons. The van der Waals surface area contributed by atoms with E-state index in [9.17, 15) is 12.8 Å². The van der Waals surface area contributed by atoms with Crippen LogP contribution in [0.3, 0.4) is 0 Å². The van der Waals surface area contributed by atoms with Crippen LogP contribution >= 0.6 is 0 Å². The Morgan fingerprint density at radius 3 is 2.59 bits per heavy atom. The smallest absolute Gasteiger partial charge is 0.209 e. The van der Waals surface area contributed by atoms with Gasteiger partial charge in [0.1, 0.15) is 11.6 Å². The predicted octanol–water partition coefficient (Wildman–Crippen LogP) is 1.52. The molecule has 0 fully saturated rings. The van der Waals surface area contributed by atoms with Gasteiger partial charge in [0.15, 0.2) is 0 Å². The number of hydrogen-bond donors (Lipinski definition) is 1. The number of nitrogens with two attached hydrogens (primary N) is 1. The highest BCUT2D eigenvalue weighted by atomic mass is 32.2. The van der Waals surface area contributed by atoms with E-state index in [1.807, 2.05) is 0 Å². The number of rotatable bonds is 5. The van der Waals surface area contributed by atoms with E-state index in [1.165, 1.54) is 18.2 Å². The van der Waals surface area contributed by atoms with Crippen molar-refractivity contribution in [2.24, 2.45) is 10.6 Å². The van der Waals surface area contributed by atoms with Crippen molar-refractivity contribution in [2.75, 3.05) is 12.4 Å². The Bertz CT molecular complexity index is 485. The largest absolute Gasteiger partial charge is 0.493 e. The van der Waals surface area contributed by atoms with Crippen LogP contribution in [0.5, 0.6) is 5.75 Å². The molecule has 1 aromatic rings. The van der Waals surface area contributed by atoms with Crippen LogP contribution in [0.15, 0.2) is 24.3 Å². The van der Waals surface area contributed by atoms with Crippen molar-refractivity contribution in [3.05, 3.63) is 30.1 Å². The maximum Gasteiger partial charge on any atom is 0.209 e. The molecule has 0 saturated heterocycles. The second-order valence-corrected chi connectivity index (χ2v) is 6.33. The summed E-state index contributed by atoms with van der Waals surface area (Å²) >= 11 is 0. The van der Waals surface area contributed by atoms with Gasteiger partial charge in [-0.05, 0) is 12.1 Å². The summed E-state index contributed by atoms with van der Waals surface area (Å²) in [6.45, 7) is 3.58. The monoisotopic (exact) mass is 261 g/mol. The molecule has 1 aromatic carbocycles. The van der Waals surface area contributed by atoms with Gasteiger partial charge < -0.3 is 4.74 Å². The lowest BCUT2D eigenvalue weighted by Gasteiger charge is -2.23. The Balaban J connectivity index is 2.61. The third-order valence-corrected chi connectivity index (χ3v) is 3.20. The fourth-order valence-corrected chi connectivity index (χ4v) is 2.59. The van der Waals surface area contributed by atoms with E-state index in [-0.39, 0.29) is 12.4 Å². The van der Waals surface area contributed by atoms with Crippen molar-refractivity contribution in [3.8, 4) is 5.75 Å². The van der Waals surface area contributed by atoms with E-state index in [1.54, 1.807) is 19.9 Å². The van der Waals surface area contributed by atoms with Crippen LogP contribution in [-0.4, -0.2) is 20.8 Å². The molecule has 0 unspecified atom stereocenters. The van der Waals surface area contributed by atoms with Crippen LogP contribution in [-0.2, 0) is 10.0 Å². The molecular formula is C11H16FNO3S. The van der Waals surface area contributed by atoms with E-state index in [2.05, 4.69) is 0 Å². The van der Waals surface area contributed by atoms with E-state index in [0.29, 0.717) is 5.75 Å². The molecule has 0 bridgehead atoms. The Morgan fingerprint density at radius 1 is 1.41 bits per heavy atom. The fourth-order valence-electron chi connectivity index (χ4n) is 1.42. The van der Waals surface area contributed by atoms with Gasteiger partial charge in [-0.15, -0.1) is 0 Å². The minimum Gasteiger partial charge on any atom is -0.493 e. The first kappa shape index (κ1) is 13.9. The molecule has 0 atom stereocenters. The molecule has 6 heteroatoms. The van der Waals surface area contributed by atoms with E-state index >= 15 is 0 Å². The molecular weight excluding hydrogens is 245 g/mol. The average molecular weight is 261 g/mol. The molecule has 2 N–H and O–H groups in total. The van der Waals surface area contributed by atoms with E-state index in [0.717, 1.165) is 0 Å². The second-order valence-electron chi connectivity index (χ2n) is 4.72. The first-order valence-electron chi connectivity index (χ1n) is 5.07. The summed E-state index contributed by atoms with van der Waals surface area (Å²) in [5, 5.41) is 4.97. The minimum atomic E-state index is -3.55. The second kappa shape index (κ2) is 5.01. The van der Waals surface area contributed by atoms with Gasteiger partial charge in [-0.3, -0.25) is 0 Å². The van der Waals surface area contributed by atoms with Crippen molar-refractivity contribution in [3.63, 3.8) is 0 Å². The Kier molecular flexibility index (Phi) is 4.11. The maximum absolute atomic E-state index is 12.9. The topological polar surface area (TPSA) is 69.4 Å². The molecule has 0 amide bonds. The summed E-state index contributed by atoms with van der Waals surface area (Å²) in [7, 11) is -3.55. The fraction of sp³-hybridized carbons (Fsp3) is 0.455. The zero-order chi connectivity index (χ0) is 13.1. The summed E-state index contributed by atoms with van der Waals surface area (Å²) in [5.74, 6) is -0.214. The van der Waals surface area contributed by atoms with Gasteiger partial charge in [0, 0.05) is 11.5 Å². The van der Waals surface area contributed by atoms with Gasteiger partial charge in [0.2, 0.25) is 10.0 Å². The number of primary sulfonamides is 1. The highest BCUT2D eigenvalue weighted by molar-refractivity contribution is 7.89. The van der Waals surface area contributed by atoms with Crippen LogP contribution < -0.4 is 9.88 Å². The summed E-state index contributed by atoms with van der Waals surface area (Å²) in [6, 6.07) is 5.68. The van der Waals surface area contributed by atoms with Crippen molar-refractivity contribution in [1.82, 2.24) is 0 Å². The molecule has 17 heavy (non-hydrogen) atoms. The third kappa shape index (κ3) is 5.65. The quantitative estimate of drug-likeness (QED) is 0.873. The maximum atomic E-state index is 12.9. The summed E-state index contributed by atoms with van der Waals surface area (Å²) in [4.78, 5) is 0. The number of halogens is 1.